The van der Waals surface area contributed by atoms with E-state index in [0.717, 1.165) is 10.9 Å². The van der Waals surface area contributed by atoms with Crippen LogP contribution in [0, 0.1) is 0 Å². The number of benzene rings is 1. The van der Waals surface area contributed by atoms with Crippen molar-refractivity contribution in [2.75, 3.05) is 0 Å². The molecule has 82 valence electrons. The molecule has 0 saturated carbocycles. The van der Waals surface area contributed by atoms with Gasteiger partial charge in [-0.05, 0) is 29.7 Å². The Labute approximate surface area is 94.9 Å². The lowest BCUT2D eigenvalue weighted by molar-refractivity contribution is 0.424. The van der Waals surface area contributed by atoms with Crippen LogP contribution in [-0.4, -0.2) is 22.2 Å². The summed E-state index contributed by atoms with van der Waals surface area (Å²) in [5.74, 6) is 0.479. The molecule has 0 spiro atoms. The lowest BCUT2D eigenvalue weighted by Gasteiger charge is -2.07. The average Bonchev–Trinajstić information content (AvgIpc) is 2.27. The molecule has 0 amide bonds. The molecule has 16 heavy (non-hydrogen) atoms. The van der Waals surface area contributed by atoms with E-state index in [1.54, 1.807) is 6.07 Å². The molecule has 0 fully saturated rings. The van der Waals surface area contributed by atoms with E-state index in [1.165, 1.54) is 5.56 Å². The quantitative estimate of drug-likeness (QED) is 0.736. The van der Waals surface area contributed by atoms with Crippen LogP contribution in [0.2, 0.25) is 0 Å². The van der Waals surface area contributed by atoms with Crippen molar-refractivity contribution in [1.82, 2.24) is 4.98 Å². The molecule has 1 heterocycles. The molecule has 2 rings (SSSR count). The fraction of sp³-hybridized carbons (Fsp3) is 0.250. The number of nitrogens with zero attached hydrogens (tertiary/aromatic N) is 1. The zero-order valence-corrected chi connectivity index (χ0v) is 9.38. The van der Waals surface area contributed by atoms with Gasteiger partial charge in [-0.15, -0.1) is 0 Å². The van der Waals surface area contributed by atoms with E-state index in [4.69, 9.17) is 10.0 Å². The SMILES string of the molecule is CC(C)c1ccc2nc(B(O)O)ccc2c1. The van der Waals surface area contributed by atoms with Crippen LogP contribution >= 0.6 is 0 Å². The van der Waals surface area contributed by atoms with Crippen LogP contribution < -0.4 is 5.59 Å². The van der Waals surface area contributed by atoms with Crippen molar-refractivity contribution >= 4 is 23.6 Å². The van der Waals surface area contributed by atoms with Gasteiger partial charge in [0.05, 0.1) is 11.1 Å². The first kappa shape index (κ1) is 11.1. The van der Waals surface area contributed by atoms with Crippen LogP contribution in [0.1, 0.15) is 25.3 Å². The van der Waals surface area contributed by atoms with Gasteiger partial charge in [0.25, 0.3) is 0 Å². The van der Waals surface area contributed by atoms with Crippen molar-refractivity contribution in [3.8, 4) is 0 Å². The molecule has 0 saturated heterocycles. The van der Waals surface area contributed by atoms with Crippen molar-refractivity contribution in [1.29, 1.82) is 0 Å². The number of rotatable bonds is 2. The standard InChI is InChI=1S/C12H14BNO2/c1-8(2)9-3-5-11-10(7-9)4-6-12(14-11)13(15)16/h3-8,15-16H,1-2H3. The maximum atomic E-state index is 9.02. The van der Waals surface area contributed by atoms with Gasteiger partial charge >= 0.3 is 7.12 Å². The topological polar surface area (TPSA) is 53.4 Å². The third-order valence-electron chi connectivity index (χ3n) is 2.67. The predicted octanol–water partition coefficient (Wildman–Crippen LogP) is 1.04. The van der Waals surface area contributed by atoms with Gasteiger partial charge < -0.3 is 10.0 Å². The largest absolute Gasteiger partial charge is 0.508 e. The van der Waals surface area contributed by atoms with Gasteiger partial charge in [-0.25, -0.2) is 0 Å². The number of hydrogen-bond donors (Lipinski definition) is 2. The molecular weight excluding hydrogens is 201 g/mol. The minimum absolute atomic E-state index is 0.282. The second-order valence-corrected chi connectivity index (χ2v) is 4.22. The molecule has 0 radical (unpaired) electrons. The van der Waals surface area contributed by atoms with Crippen LogP contribution in [-0.2, 0) is 0 Å². The average molecular weight is 215 g/mol. The third kappa shape index (κ3) is 2.08. The maximum absolute atomic E-state index is 9.02. The Balaban J connectivity index is 2.53. The maximum Gasteiger partial charge on any atom is 0.508 e. The summed E-state index contributed by atoms with van der Waals surface area (Å²) < 4.78 is 0. The van der Waals surface area contributed by atoms with Crippen molar-refractivity contribution < 1.29 is 10.0 Å². The highest BCUT2D eigenvalue weighted by Crippen LogP contribution is 2.19. The molecule has 3 nitrogen and oxygen atoms in total. The van der Waals surface area contributed by atoms with E-state index in [0.29, 0.717) is 5.92 Å². The second kappa shape index (κ2) is 4.24. The Bertz CT molecular complexity index is 464. The lowest BCUT2D eigenvalue weighted by atomic mass is 9.85. The molecule has 0 unspecified atom stereocenters. The highest BCUT2D eigenvalue weighted by atomic mass is 16.4. The fourth-order valence-electron chi connectivity index (χ4n) is 1.66. The highest BCUT2D eigenvalue weighted by molar-refractivity contribution is 6.57. The summed E-state index contributed by atoms with van der Waals surface area (Å²) in [5, 5.41) is 19.1. The van der Waals surface area contributed by atoms with Gasteiger partial charge in [0.1, 0.15) is 0 Å². The third-order valence-corrected chi connectivity index (χ3v) is 2.67. The number of fused-ring (bicyclic) bond motifs is 1. The summed E-state index contributed by atoms with van der Waals surface area (Å²) in [5.41, 5.74) is 2.33. The number of aromatic nitrogens is 1. The van der Waals surface area contributed by atoms with E-state index < -0.39 is 7.12 Å². The van der Waals surface area contributed by atoms with Gasteiger partial charge in [0, 0.05) is 5.39 Å². The van der Waals surface area contributed by atoms with E-state index in [1.807, 2.05) is 18.2 Å². The van der Waals surface area contributed by atoms with Crippen molar-refractivity contribution in [2.45, 2.75) is 19.8 Å². The predicted molar refractivity (Wildman–Crippen MR) is 65.7 cm³/mol. The molecule has 4 heteroatoms. The molecule has 2 aromatic rings. The van der Waals surface area contributed by atoms with Crippen LogP contribution in [0.15, 0.2) is 30.3 Å². The second-order valence-electron chi connectivity index (χ2n) is 4.22. The van der Waals surface area contributed by atoms with E-state index in [9.17, 15) is 0 Å². The first-order valence-electron chi connectivity index (χ1n) is 5.34. The molecule has 1 aromatic heterocycles. The molecular formula is C12H14BNO2. The van der Waals surface area contributed by atoms with E-state index in [-0.39, 0.29) is 5.59 Å². The summed E-state index contributed by atoms with van der Waals surface area (Å²) in [4.78, 5) is 4.18. The van der Waals surface area contributed by atoms with Gasteiger partial charge in [-0.3, -0.25) is 4.98 Å². The fourth-order valence-corrected chi connectivity index (χ4v) is 1.66. The zero-order valence-electron chi connectivity index (χ0n) is 9.38. The monoisotopic (exact) mass is 215 g/mol. The zero-order chi connectivity index (χ0) is 11.7. The van der Waals surface area contributed by atoms with Crippen LogP contribution in [0.5, 0.6) is 0 Å². The Kier molecular flexibility index (Phi) is 2.94. The molecule has 0 aliphatic heterocycles. The smallest absolute Gasteiger partial charge is 0.422 e. The van der Waals surface area contributed by atoms with E-state index in [2.05, 4.69) is 24.9 Å². The minimum atomic E-state index is -1.51. The summed E-state index contributed by atoms with van der Waals surface area (Å²) >= 11 is 0. The van der Waals surface area contributed by atoms with Gasteiger partial charge in [0.15, 0.2) is 0 Å². The Morgan fingerprint density at radius 2 is 1.88 bits per heavy atom. The van der Waals surface area contributed by atoms with Crippen LogP contribution in [0.25, 0.3) is 10.9 Å². The van der Waals surface area contributed by atoms with Crippen molar-refractivity contribution in [3.05, 3.63) is 35.9 Å². The molecule has 2 N–H and O–H groups in total. The Morgan fingerprint density at radius 1 is 1.12 bits per heavy atom. The molecule has 0 aliphatic carbocycles. The number of hydrogen-bond acceptors (Lipinski definition) is 3. The normalized spacial score (nSPS) is 11.1. The number of pyridine rings is 1. The first-order chi connectivity index (χ1) is 7.58. The Hall–Kier alpha value is -1.39. The Morgan fingerprint density at radius 3 is 2.50 bits per heavy atom. The summed E-state index contributed by atoms with van der Waals surface area (Å²) in [6, 6.07) is 9.52. The van der Waals surface area contributed by atoms with Gasteiger partial charge in [-0.2, -0.15) is 0 Å². The minimum Gasteiger partial charge on any atom is -0.422 e. The summed E-state index contributed by atoms with van der Waals surface area (Å²) in [6.45, 7) is 4.28. The van der Waals surface area contributed by atoms with Gasteiger partial charge in [0.2, 0.25) is 0 Å². The summed E-state index contributed by atoms with van der Waals surface area (Å²) in [7, 11) is -1.51. The first-order valence-corrected chi connectivity index (χ1v) is 5.34. The lowest BCUT2D eigenvalue weighted by Crippen LogP contribution is -2.32. The van der Waals surface area contributed by atoms with Gasteiger partial charge in [-0.1, -0.05) is 26.0 Å². The molecule has 1 aromatic carbocycles. The van der Waals surface area contributed by atoms with Crippen molar-refractivity contribution in [3.63, 3.8) is 0 Å². The van der Waals surface area contributed by atoms with Crippen LogP contribution in [0.3, 0.4) is 0 Å². The van der Waals surface area contributed by atoms with Crippen LogP contribution in [0.4, 0.5) is 0 Å². The molecule has 0 aliphatic rings. The van der Waals surface area contributed by atoms with E-state index >= 15 is 0 Å². The highest BCUT2D eigenvalue weighted by Gasteiger charge is 2.13. The molecule has 0 atom stereocenters. The molecule has 0 bridgehead atoms. The summed E-state index contributed by atoms with van der Waals surface area (Å²) in [6.07, 6.45) is 0. The van der Waals surface area contributed by atoms with Crippen molar-refractivity contribution in [2.24, 2.45) is 0 Å².